The van der Waals surface area contributed by atoms with Gasteiger partial charge in [-0.2, -0.15) is 15.3 Å². The Balaban J connectivity index is 1.77. The van der Waals surface area contributed by atoms with Crippen molar-refractivity contribution in [2.24, 2.45) is 15.3 Å². The molecule has 0 spiro atoms. The lowest BCUT2D eigenvalue weighted by atomic mass is 10.3. The zero-order chi connectivity index (χ0) is 20.3. The number of nitrogens with one attached hydrogen (secondary N) is 1. The minimum atomic E-state index is 0.583. The number of anilines is 3. The summed E-state index contributed by atoms with van der Waals surface area (Å²) in [5.41, 5.74) is 6.48. The summed E-state index contributed by atoms with van der Waals surface area (Å²) in [6, 6.07) is 29.6. The first kappa shape index (κ1) is 19.8. The Morgan fingerprint density at radius 3 is 1.52 bits per heavy atom. The molecular weight excluding hydrogens is 360 g/mol. The van der Waals surface area contributed by atoms with E-state index in [0.29, 0.717) is 5.71 Å². The number of hydrogen-bond donors (Lipinski definition) is 1. The summed E-state index contributed by atoms with van der Waals surface area (Å²) in [5.74, 6) is 0. The molecule has 6 heteroatoms. The summed E-state index contributed by atoms with van der Waals surface area (Å²) >= 11 is 0. The fourth-order valence-electron chi connectivity index (χ4n) is 2.45. The summed E-state index contributed by atoms with van der Waals surface area (Å²) in [6.45, 7) is 0. The van der Waals surface area contributed by atoms with Gasteiger partial charge in [-0.1, -0.05) is 54.6 Å². The second-order valence-corrected chi connectivity index (χ2v) is 6.22. The first-order valence-corrected chi connectivity index (χ1v) is 9.26. The van der Waals surface area contributed by atoms with Crippen molar-refractivity contribution in [3.05, 3.63) is 91.0 Å². The van der Waals surface area contributed by atoms with Gasteiger partial charge in [-0.05, 0) is 36.4 Å². The van der Waals surface area contributed by atoms with Crippen LogP contribution in [-0.2, 0) is 0 Å². The Kier molecular flexibility index (Phi) is 7.12. The van der Waals surface area contributed by atoms with E-state index in [-0.39, 0.29) is 0 Å². The lowest BCUT2D eigenvalue weighted by molar-refractivity contribution is 1.02. The molecule has 0 amide bonds. The average molecular weight is 384 g/mol. The van der Waals surface area contributed by atoms with E-state index in [4.69, 9.17) is 0 Å². The van der Waals surface area contributed by atoms with Crippen LogP contribution >= 0.6 is 0 Å². The molecule has 146 valence electrons. The predicted octanol–water partition coefficient (Wildman–Crippen LogP) is 4.70. The van der Waals surface area contributed by atoms with E-state index >= 15 is 0 Å². The van der Waals surface area contributed by atoms with Crippen molar-refractivity contribution in [2.75, 3.05) is 29.5 Å². The summed E-state index contributed by atoms with van der Waals surface area (Å²) < 4.78 is 0. The van der Waals surface area contributed by atoms with Crippen LogP contribution < -0.4 is 15.4 Å². The number of rotatable bonds is 8. The van der Waals surface area contributed by atoms with Crippen LogP contribution in [0.2, 0.25) is 0 Å². The number of para-hydroxylation sites is 3. The molecule has 6 nitrogen and oxygen atoms in total. The lowest BCUT2D eigenvalue weighted by Gasteiger charge is -2.13. The fourth-order valence-corrected chi connectivity index (χ4v) is 2.45. The summed E-state index contributed by atoms with van der Waals surface area (Å²) in [7, 11) is 3.78. The Hall–Kier alpha value is -3.93. The van der Waals surface area contributed by atoms with E-state index in [1.165, 1.54) is 0 Å². The van der Waals surface area contributed by atoms with Crippen LogP contribution in [0.1, 0.15) is 0 Å². The summed E-state index contributed by atoms with van der Waals surface area (Å²) in [6.07, 6.45) is 3.34. The molecule has 29 heavy (non-hydrogen) atoms. The van der Waals surface area contributed by atoms with Crippen LogP contribution in [-0.4, -0.2) is 32.2 Å². The SMILES string of the molecule is CN(/N=C/C(/C=N/N(C)c1ccccc1)=NNc1ccccc1)c1ccccc1. The molecule has 0 heterocycles. The normalized spacial score (nSPS) is 10.8. The zero-order valence-electron chi connectivity index (χ0n) is 16.6. The van der Waals surface area contributed by atoms with Gasteiger partial charge in [0.2, 0.25) is 0 Å². The van der Waals surface area contributed by atoms with Gasteiger partial charge in [0.25, 0.3) is 0 Å². The van der Waals surface area contributed by atoms with E-state index < -0.39 is 0 Å². The van der Waals surface area contributed by atoms with E-state index in [9.17, 15) is 0 Å². The Morgan fingerprint density at radius 2 is 1.07 bits per heavy atom. The van der Waals surface area contributed by atoms with E-state index in [1.807, 2.05) is 105 Å². The quantitative estimate of drug-likeness (QED) is 0.452. The lowest BCUT2D eigenvalue weighted by Crippen LogP contribution is -2.16. The smallest absolute Gasteiger partial charge is 0.123 e. The molecule has 3 aromatic carbocycles. The third-order valence-electron chi connectivity index (χ3n) is 4.07. The number of benzene rings is 3. The van der Waals surface area contributed by atoms with Crippen molar-refractivity contribution in [2.45, 2.75) is 0 Å². The molecule has 0 aromatic heterocycles. The average Bonchev–Trinajstić information content (AvgIpc) is 2.80. The molecule has 0 aliphatic rings. The second kappa shape index (κ2) is 10.4. The van der Waals surface area contributed by atoms with Gasteiger partial charge in [0.05, 0.1) is 29.5 Å². The van der Waals surface area contributed by atoms with E-state index in [2.05, 4.69) is 20.7 Å². The number of hydrogen-bond acceptors (Lipinski definition) is 6. The van der Waals surface area contributed by atoms with Crippen LogP contribution in [0.5, 0.6) is 0 Å². The highest BCUT2D eigenvalue weighted by Gasteiger charge is 2.00. The highest BCUT2D eigenvalue weighted by Crippen LogP contribution is 2.12. The first-order chi connectivity index (χ1) is 14.2. The van der Waals surface area contributed by atoms with Crippen LogP contribution in [0.15, 0.2) is 106 Å². The molecule has 3 rings (SSSR count). The Labute approximate surface area is 171 Å². The largest absolute Gasteiger partial charge is 0.278 e. The molecule has 0 fully saturated rings. The van der Waals surface area contributed by atoms with Crippen LogP contribution in [0, 0.1) is 0 Å². The van der Waals surface area contributed by atoms with Gasteiger partial charge >= 0.3 is 0 Å². The van der Waals surface area contributed by atoms with E-state index in [1.54, 1.807) is 22.4 Å². The zero-order valence-corrected chi connectivity index (χ0v) is 16.6. The predicted molar refractivity (Wildman–Crippen MR) is 124 cm³/mol. The molecular formula is C23H24N6. The third kappa shape index (κ3) is 6.32. The van der Waals surface area contributed by atoms with Gasteiger partial charge in [-0.15, -0.1) is 0 Å². The van der Waals surface area contributed by atoms with Crippen molar-refractivity contribution >= 4 is 35.2 Å². The van der Waals surface area contributed by atoms with Crippen molar-refractivity contribution in [3.63, 3.8) is 0 Å². The summed E-state index contributed by atoms with van der Waals surface area (Å²) in [4.78, 5) is 0. The Morgan fingerprint density at radius 1 is 0.655 bits per heavy atom. The summed E-state index contributed by atoms with van der Waals surface area (Å²) in [5, 5.41) is 17.0. The fraction of sp³-hybridized carbons (Fsp3) is 0.0870. The second-order valence-electron chi connectivity index (χ2n) is 6.22. The number of hydrazone groups is 3. The van der Waals surface area contributed by atoms with Crippen LogP contribution in [0.4, 0.5) is 17.1 Å². The maximum atomic E-state index is 4.49. The first-order valence-electron chi connectivity index (χ1n) is 9.26. The van der Waals surface area contributed by atoms with E-state index in [0.717, 1.165) is 17.1 Å². The number of nitrogens with zero attached hydrogens (tertiary/aromatic N) is 5. The van der Waals surface area contributed by atoms with Gasteiger partial charge in [0.1, 0.15) is 5.71 Å². The maximum absolute atomic E-state index is 4.49. The highest BCUT2D eigenvalue weighted by molar-refractivity contribution is 6.56. The molecule has 0 saturated heterocycles. The topological polar surface area (TPSA) is 55.6 Å². The Bertz CT molecular complexity index is 895. The van der Waals surface area contributed by atoms with Crippen molar-refractivity contribution < 1.29 is 0 Å². The van der Waals surface area contributed by atoms with Gasteiger partial charge in [-0.3, -0.25) is 15.4 Å². The van der Waals surface area contributed by atoms with Crippen molar-refractivity contribution in [3.8, 4) is 0 Å². The monoisotopic (exact) mass is 384 g/mol. The molecule has 0 radical (unpaired) electrons. The van der Waals surface area contributed by atoms with Crippen molar-refractivity contribution in [1.29, 1.82) is 0 Å². The molecule has 0 saturated carbocycles. The molecule has 0 aliphatic carbocycles. The molecule has 3 aromatic rings. The maximum Gasteiger partial charge on any atom is 0.123 e. The van der Waals surface area contributed by atoms with Crippen LogP contribution in [0.3, 0.4) is 0 Å². The standard InChI is InChI=1S/C23H24N6/c1-28(22-14-8-4-9-15-22)24-18-21(27-26-20-12-6-3-7-13-20)19-25-29(2)23-16-10-5-11-17-23/h3-19,26H,1-2H3/b24-18+,25-19+. The van der Waals surface area contributed by atoms with Gasteiger partial charge in [-0.25, -0.2) is 0 Å². The van der Waals surface area contributed by atoms with Gasteiger partial charge in [0, 0.05) is 14.1 Å². The van der Waals surface area contributed by atoms with Gasteiger partial charge in [0.15, 0.2) is 0 Å². The van der Waals surface area contributed by atoms with Crippen molar-refractivity contribution in [1.82, 2.24) is 0 Å². The third-order valence-corrected chi connectivity index (χ3v) is 4.07. The molecule has 0 atom stereocenters. The van der Waals surface area contributed by atoms with Crippen LogP contribution in [0.25, 0.3) is 0 Å². The molecule has 0 unspecified atom stereocenters. The highest BCUT2D eigenvalue weighted by atomic mass is 15.4. The minimum Gasteiger partial charge on any atom is -0.278 e. The van der Waals surface area contributed by atoms with Gasteiger partial charge < -0.3 is 0 Å². The minimum absolute atomic E-state index is 0.583. The molecule has 0 aliphatic heterocycles. The molecule has 1 N–H and O–H groups in total. The molecule has 0 bridgehead atoms.